The number of nitrogens with one attached hydrogen (secondary N) is 1. The highest BCUT2D eigenvalue weighted by Gasteiger charge is 2.37. The molecule has 0 saturated carbocycles. The minimum atomic E-state index is 0.302. The summed E-state index contributed by atoms with van der Waals surface area (Å²) in [7, 11) is 0. The van der Waals surface area contributed by atoms with Gasteiger partial charge in [0.1, 0.15) is 0 Å². The van der Waals surface area contributed by atoms with Gasteiger partial charge in [0.2, 0.25) is 0 Å². The Morgan fingerprint density at radius 1 is 1.35 bits per heavy atom. The van der Waals surface area contributed by atoms with Crippen LogP contribution in [0.25, 0.3) is 0 Å². The van der Waals surface area contributed by atoms with Crippen molar-refractivity contribution in [3.63, 3.8) is 0 Å². The average molecular weight is 258 g/mol. The lowest BCUT2D eigenvalue weighted by Crippen LogP contribution is -2.65. The molecule has 0 amide bonds. The minimum Gasteiger partial charge on any atom is -0.310 e. The molecule has 17 heavy (non-hydrogen) atoms. The first-order valence-corrected chi connectivity index (χ1v) is 7.99. The molecule has 1 aliphatic rings. The van der Waals surface area contributed by atoms with Crippen molar-refractivity contribution in [1.82, 2.24) is 10.2 Å². The van der Waals surface area contributed by atoms with E-state index in [1.807, 2.05) is 11.8 Å². The van der Waals surface area contributed by atoms with Gasteiger partial charge in [0.25, 0.3) is 0 Å². The highest BCUT2D eigenvalue weighted by atomic mass is 32.2. The van der Waals surface area contributed by atoms with Crippen molar-refractivity contribution in [3.8, 4) is 0 Å². The summed E-state index contributed by atoms with van der Waals surface area (Å²) in [5.41, 5.74) is 0.655. The molecule has 1 unspecified atom stereocenters. The molecule has 0 aromatic heterocycles. The third kappa shape index (κ3) is 4.46. The predicted molar refractivity (Wildman–Crippen MR) is 79.9 cm³/mol. The van der Waals surface area contributed by atoms with Gasteiger partial charge in [0.05, 0.1) is 0 Å². The molecule has 1 saturated heterocycles. The maximum Gasteiger partial charge on any atom is 0.0278 e. The van der Waals surface area contributed by atoms with E-state index in [0.29, 0.717) is 17.0 Å². The summed E-state index contributed by atoms with van der Waals surface area (Å²) in [6.45, 7) is 17.5. The van der Waals surface area contributed by atoms with Gasteiger partial charge < -0.3 is 5.32 Å². The number of piperazine rings is 1. The fraction of sp³-hybridized carbons (Fsp3) is 1.00. The lowest BCUT2D eigenvalue weighted by molar-refractivity contribution is 0.0415. The monoisotopic (exact) mass is 258 g/mol. The van der Waals surface area contributed by atoms with Gasteiger partial charge in [-0.1, -0.05) is 27.7 Å². The second-order valence-corrected chi connectivity index (χ2v) is 8.15. The summed E-state index contributed by atoms with van der Waals surface area (Å²) >= 11 is 2.05. The zero-order valence-electron chi connectivity index (χ0n) is 12.5. The minimum absolute atomic E-state index is 0.302. The zero-order valence-corrected chi connectivity index (χ0v) is 13.3. The molecule has 3 heteroatoms. The van der Waals surface area contributed by atoms with Crippen LogP contribution in [0, 0.1) is 5.41 Å². The molecule has 1 N–H and O–H groups in total. The van der Waals surface area contributed by atoms with Crippen LogP contribution in [0.4, 0.5) is 0 Å². The Kier molecular flexibility index (Phi) is 5.36. The Morgan fingerprint density at radius 2 is 2.00 bits per heavy atom. The van der Waals surface area contributed by atoms with Crippen molar-refractivity contribution in [2.24, 2.45) is 5.41 Å². The molecule has 1 atom stereocenters. The number of nitrogens with zero attached hydrogens (tertiary/aromatic N) is 1. The van der Waals surface area contributed by atoms with Crippen LogP contribution in [0.15, 0.2) is 0 Å². The van der Waals surface area contributed by atoms with Crippen LogP contribution in [0.5, 0.6) is 0 Å². The van der Waals surface area contributed by atoms with Gasteiger partial charge in [-0.25, -0.2) is 0 Å². The average Bonchev–Trinajstić information content (AvgIpc) is 2.18. The maximum atomic E-state index is 3.72. The van der Waals surface area contributed by atoms with E-state index in [9.17, 15) is 0 Å². The van der Waals surface area contributed by atoms with E-state index in [0.717, 1.165) is 6.54 Å². The van der Waals surface area contributed by atoms with E-state index < -0.39 is 0 Å². The van der Waals surface area contributed by atoms with Crippen molar-refractivity contribution in [2.75, 3.05) is 31.1 Å². The normalized spacial score (nSPS) is 26.1. The largest absolute Gasteiger partial charge is 0.310 e. The molecule has 0 bridgehead atoms. The summed E-state index contributed by atoms with van der Waals surface area (Å²) < 4.78 is 0. The van der Waals surface area contributed by atoms with Gasteiger partial charge in [-0.05, 0) is 25.0 Å². The Morgan fingerprint density at radius 3 is 2.53 bits per heavy atom. The maximum absolute atomic E-state index is 3.72. The van der Waals surface area contributed by atoms with Crippen molar-refractivity contribution >= 4 is 11.8 Å². The molecular weight excluding hydrogens is 228 g/mol. The highest BCUT2D eigenvalue weighted by Crippen LogP contribution is 2.27. The van der Waals surface area contributed by atoms with Crippen LogP contribution in [-0.4, -0.2) is 47.6 Å². The van der Waals surface area contributed by atoms with Crippen LogP contribution < -0.4 is 5.32 Å². The number of hydrogen-bond acceptors (Lipinski definition) is 3. The SMILES string of the molecule is CCSCCN1CC(C(C)(C)C)NCC1(C)C. The summed E-state index contributed by atoms with van der Waals surface area (Å²) in [4.78, 5) is 2.67. The molecule has 0 spiro atoms. The van der Waals surface area contributed by atoms with Crippen LogP contribution in [0.1, 0.15) is 41.5 Å². The molecule has 1 fully saturated rings. The smallest absolute Gasteiger partial charge is 0.0278 e. The molecule has 0 aromatic carbocycles. The molecule has 0 radical (unpaired) electrons. The topological polar surface area (TPSA) is 15.3 Å². The third-order valence-electron chi connectivity index (χ3n) is 3.80. The molecule has 2 nitrogen and oxygen atoms in total. The first-order valence-electron chi connectivity index (χ1n) is 6.83. The van der Waals surface area contributed by atoms with E-state index in [4.69, 9.17) is 0 Å². The van der Waals surface area contributed by atoms with E-state index in [1.54, 1.807) is 0 Å². The van der Waals surface area contributed by atoms with E-state index in [1.165, 1.54) is 24.6 Å². The zero-order chi connectivity index (χ0) is 13.1. The number of rotatable bonds is 4. The summed E-state index contributed by atoms with van der Waals surface area (Å²) in [6.07, 6.45) is 0. The van der Waals surface area contributed by atoms with E-state index in [-0.39, 0.29) is 0 Å². The lowest BCUT2D eigenvalue weighted by Gasteiger charge is -2.49. The van der Waals surface area contributed by atoms with Gasteiger partial charge >= 0.3 is 0 Å². The molecule has 1 heterocycles. The Labute approximate surface area is 112 Å². The standard InChI is InChI=1S/C14H30N2S/c1-7-17-9-8-16-10-12(13(2,3)4)15-11-14(16,5)6/h12,15H,7-11H2,1-6H3. The van der Waals surface area contributed by atoms with Gasteiger partial charge in [-0.15, -0.1) is 0 Å². The van der Waals surface area contributed by atoms with Crippen LogP contribution in [-0.2, 0) is 0 Å². The quantitative estimate of drug-likeness (QED) is 0.781. The van der Waals surface area contributed by atoms with Crippen LogP contribution in [0.3, 0.4) is 0 Å². The van der Waals surface area contributed by atoms with Crippen molar-refractivity contribution < 1.29 is 0 Å². The van der Waals surface area contributed by atoms with Gasteiger partial charge in [-0.3, -0.25) is 4.90 Å². The molecule has 1 rings (SSSR count). The summed E-state index contributed by atoms with van der Waals surface area (Å²) in [5, 5.41) is 3.72. The van der Waals surface area contributed by atoms with Gasteiger partial charge in [0, 0.05) is 37.0 Å². The molecule has 102 valence electrons. The molecule has 0 aromatic rings. The van der Waals surface area contributed by atoms with Crippen LogP contribution >= 0.6 is 11.8 Å². The fourth-order valence-corrected chi connectivity index (χ4v) is 2.95. The molecular formula is C14H30N2S. The van der Waals surface area contributed by atoms with Crippen molar-refractivity contribution in [2.45, 2.75) is 53.1 Å². The first-order chi connectivity index (χ1) is 7.77. The van der Waals surface area contributed by atoms with Crippen molar-refractivity contribution in [3.05, 3.63) is 0 Å². The third-order valence-corrected chi connectivity index (χ3v) is 4.67. The summed E-state index contributed by atoms with van der Waals surface area (Å²) in [5.74, 6) is 2.49. The molecule has 0 aliphatic carbocycles. The van der Waals surface area contributed by atoms with Crippen LogP contribution in [0.2, 0.25) is 0 Å². The molecule has 1 aliphatic heterocycles. The Hall–Kier alpha value is 0.270. The summed E-state index contributed by atoms with van der Waals surface area (Å²) in [6, 6.07) is 0.613. The van der Waals surface area contributed by atoms with Gasteiger partial charge in [0.15, 0.2) is 0 Å². The predicted octanol–water partition coefficient (Wildman–Crippen LogP) is 2.84. The fourth-order valence-electron chi connectivity index (χ4n) is 2.31. The Bertz CT molecular complexity index is 233. The lowest BCUT2D eigenvalue weighted by atomic mass is 9.83. The van der Waals surface area contributed by atoms with E-state index >= 15 is 0 Å². The highest BCUT2D eigenvalue weighted by molar-refractivity contribution is 7.99. The van der Waals surface area contributed by atoms with Gasteiger partial charge in [-0.2, -0.15) is 11.8 Å². The number of hydrogen-bond donors (Lipinski definition) is 1. The van der Waals surface area contributed by atoms with E-state index in [2.05, 4.69) is 51.8 Å². The second kappa shape index (κ2) is 5.94. The Balaban J connectivity index is 2.56. The first kappa shape index (κ1) is 15.3. The second-order valence-electron chi connectivity index (χ2n) is 6.75. The van der Waals surface area contributed by atoms with Crippen molar-refractivity contribution in [1.29, 1.82) is 0 Å². The number of thioether (sulfide) groups is 1.